The van der Waals surface area contributed by atoms with Crippen LogP contribution in [-0.4, -0.2) is 9.13 Å². The van der Waals surface area contributed by atoms with Crippen LogP contribution in [0.1, 0.15) is 32.8 Å². The fraction of sp³-hybridized carbons (Fsp3) is 0.106. The summed E-state index contributed by atoms with van der Waals surface area (Å²) >= 11 is 0. The van der Waals surface area contributed by atoms with Crippen LogP contribution in [0.2, 0.25) is 0 Å². The maximum atomic E-state index is 2.44. The maximum absolute atomic E-state index is 2.44. The van der Waals surface area contributed by atoms with E-state index in [0.717, 1.165) is 17.8 Å². The summed E-state index contributed by atoms with van der Waals surface area (Å²) in [5, 5.41) is 5.13. The molecule has 2 heteroatoms. The van der Waals surface area contributed by atoms with Gasteiger partial charge in [0.15, 0.2) is 0 Å². The molecule has 2 aromatic heterocycles. The van der Waals surface area contributed by atoms with Gasteiger partial charge in [-0.25, -0.2) is 0 Å². The lowest BCUT2D eigenvalue weighted by atomic mass is 9.82. The van der Waals surface area contributed by atoms with Crippen LogP contribution in [0.25, 0.3) is 77.2 Å². The number of fused-ring (bicyclic) bond motifs is 6. The van der Waals surface area contributed by atoms with Crippen LogP contribution in [0, 0.1) is 0 Å². The first kappa shape index (κ1) is 29.3. The SMILES string of the molecule is CCC(C)(C)c1ccc2c(c1)c1ccccc1n2-c1cccc(-c2cc(-c3ccccc3)cc(-n3c4ccccc4c4ccccc43)c2)c1. The highest BCUT2D eigenvalue weighted by Gasteiger charge is 2.21. The van der Waals surface area contributed by atoms with Crippen molar-refractivity contribution in [3.63, 3.8) is 0 Å². The largest absolute Gasteiger partial charge is 0.309 e. The van der Waals surface area contributed by atoms with E-state index in [0.29, 0.717) is 0 Å². The number of aromatic nitrogens is 2. The van der Waals surface area contributed by atoms with Crippen LogP contribution in [-0.2, 0) is 5.41 Å². The molecule has 236 valence electrons. The van der Waals surface area contributed by atoms with Gasteiger partial charge in [0.25, 0.3) is 0 Å². The summed E-state index contributed by atoms with van der Waals surface area (Å²) in [5.74, 6) is 0. The molecule has 0 saturated heterocycles. The molecule has 0 radical (unpaired) electrons. The van der Waals surface area contributed by atoms with Crippen LogP contribution >= 0.6 is 0 Å². The minimum Gasteiger partial charge on any atom is -0.309 e. The summed E-state index contributed by atoms with van der Waals surface area (Å²) in [6.07, 6.45) is 1.10. The second-order valence-electron chi connectivity index (χ2n) is 13.9. The van der Waals surface area contributed by atoms with E-state index in [9.17, 15) is 0 Å². The summed E-state index contributed by atoms with van der Waals surface area (Å²) in [4.78, 5) is 0. The Kier molecular flexibility index (Phi) is 6.81. The molecular weight excluding hydrogens is 593 g/mol. The van der Waals surface area contributed by atoms with Crippen LogP contribution in [0.3, 0.4) is 0 Å². The molecule has 0 spiro atoms. The van der Waals surface area contributed by atoms with Crippen LogP contribution in [0.15, 0.2) is 164 Å². The molecular formula is C47H38N2. The molecule has 9 rings (SSSR count). The van der Waals surface area contributed by atoms with Gasteiger partial charge in [-0.15, -0.1) is 0 Å². The van der Waals surface area contributed by atoms with Crippen molar-refractivity contribution in [2.45, 2.75) is 32.6 Å². The van der Waals surface area contributed by atoms with Gasteiger partial charge in [-0.2, -0.15) is 0 Å². The van der Waals surface area contributed by atoms with Crippen LogP contribution in [0.4, 0.5) is 0 Å². The van der Waals surface area contributed by atoms with Crippen molar-refractivity contribution in [2.75, 3.05) is 0 Å². The van der Waals surface area contributed by atoms with Gasteiger partial charge in [-0.1, -0.05) is 124 Å². The number of rotatable bonds is 6. The molecule has 0 aliphatic heterocycles. The number of para-hydroxylation sites is 3. The summed E-state index contributed by atoms with van der Waals surface area (Å²) in [6, 6.07) is 60.2. The van der Waals surface area contributed by atoms with Crippen molar-refractivity contribution < 1.29 is 0 Å². The van der Waals surface area contributed by atoms with E-state index in [-0.39, 0.29) is 5.41 Å². The molecule has 7 aromatic carbocycles. The lowest BCUT2D eigenvalue weighted by molar-refractivity contribution is 0.507. The number of benzene rings is 7. The van der Waals surface area contributed by atoms with E-state index >= 15 is 0 Å². The first-order chi connectivity index (χ1) is 24.0. The Balaban J connectivity index is 1.27. The number of hydrogen-bond donors (Lipinski definition) is 0. The Labute approximate surface area is 287 Å². The van der Waals surface area contributed by atoms with Gasteiger partial charge in [-0.05, 0) is 100 Å². The molecule has 0 saturated carbocycles. The molecule has 0 bridgehead atoms. The Morgan fingerprint density at radius 2 is 0.878 bits per heavy atom. The first-order valence-electron chi connectivity index (χ1n) is 17.3. The van der Waals surface area contributed by atoms with Crippen molar-refractivity contribution in [1.82, 2.24) is 9.13 Å². The summed E-state index contributed by atoms with van der Waals surface area (Å²) < 4.78 is 4.86. The minimum absolute atomic E-state index is 0.120. The molecule has 2 nitrogen and oxygen atoms in total. The molecule has 49 heavy (non-hydrogen) atoms. The zero-order valence-corrected chi connectivity index (χ0v) is 28.2. The molecule has 9 aromatic rings. The summed E-state index contributed by atoms with van der Waals surface area (Å²) in [5.41, 5.74) is 13.5. The van der Waals surface area contributed by atoms with E-state index in [1.165, 1.54) is 71.4 Å². The average molecular weight is 631 g/mol. The Morgan fingerprint density at radius 1 is 0.388 bits per heavy atom. The lowest BCUT2D eigenvalue weighted by Crippen LogP contribution is -2.15. The van der Waals surface area contributed by atoms with E-state index in [1.807, 2.05) is 0 Å². The zero-order valence-electron chi connectivity index (χ0n) is 28.2. The second-order valence-corrected chi connectivity index (χ2v) is 13.9. The van der Waals surface area contributed by atoms with Gasteiger partial charge in [0.05, 0.1) is 22.1 Å². The quantitative estimate of drug-likeness (QED) is 0.173. The molecule has 2 heterocycles. The monoisotopic (exact) mass is 630 g/mol. The molecule has 0 aliphatic carbocycles. The molecule has 0 N–H and O–H groups in total. The molecule has 0 aliphatic rings. The van der Waals surface area contributed by atoms with Crippen molar-refractivity contribution in [1.29, 1.82) is 0 Å². The highest BCUT2D eigenvalue weighted by Crippen LogP contribution is 2.39. The molecule has 0 amide bonds. The predicted molar refractivity (Wildman–Crippen MR) is 209 cm³/mol. The van der Waals surface area contributed by atoms with E-state index in [4.69, 9.17) is 0 Å². The third-order valence-corrected chi connectivity index (χ3v) is 10.6. The van der Waals surface area contributed by atoms with Crippen molar-refractivity contribution in [3.8, 4) is 33.6 Å². The van der Waals surface area contributed by atoms with Gasteiger partial charge < -0.3 is 9.13 Å². The second kappa shape index (κ2) is 11.4. The van der Waals surface area contributed by atoms with Gasteiger partial charge in [0, 0.05) is 32.9 Å². The topological polar surface area (TPSA) is 9.86 Å². The maximum Gasteiger partial charge on any atom is 0.0541 e. The third-order valence-electron chi connectivity index (χ3n) is 10.6. The molecule has 0 unspecified atom stereocenters. The van der Waals surface area contributed by atoms with Crippen molar-refractivity contribution in [2.24, 2.45) is 0 Å². The average Bonchev–Trinajstić information content (AvgIpc) is 3.68. The van der Waals surface area contributed by atoms with Crippen molar-refractivity contribution >= 4 is 43.6 Å². The number of nitrogens with zero attached hydrogens (tertiary/aromatic N) is 2. The number of hydrogen-bond acceptors (Lipinski definition) is 0. The highest BCUT2D eigenvalue weighted by atomic mass is 15.0. The lowest BCUT2D eigenvalue weighted by Gasteiger charge is -2.23. The van der Waals surface area contributed by atoms with Crippen LogP contribution in [0.5, 0.6) is 0 Å². The predicted octanol–water partition coefficient (Wildman–Crippen LogP) is 12.9. The van der Waals surface area contributed by atoms with Crippen LogP contribution < -0.4 is 0 Å². The minimum atomic E-state index is 0.120. The van der Waals surface area contributed by atoms with Gasteiger partial charge >= 0.3 is 0 Å². The Morgan fingerprint density at radius 3 is 1.51 bits per heavy atom. The van der Waals surface area contributed by atoms with Gasteiger partial charge in [-0.3, -0.25) is 0 Å². The van der Waals surface area contributed by atoms with E-state index in [1.54, 1.807) is 0 Å². The van der Waals surface area contributed by atoms with Crippen molar-refractivity contribution in [3.05, 3.63) is 169 Å². The van der Waals surface area contributed by atoms with E-state index in [2.05, 4.69) is 194 Å². The standard InChI is InChI=1S/C47H38N2/c1-4-47(2,3)36-25-26-46-42(31-36)41-21-10-13-24-45(41)48(46)37-18-14-17-33(28-37)35-27-34(32-15-6-5-7-16-32)29-38(30-35)49-43-22-11-8-19-39(43)40-20-9-12-23-44(40)49/h5-31H,4H2,1-3H3. The molecule has 0 fully saturated rings. The highest BCUT2D eigenvalue weighted by molar-refractivity contribution is 6.10. The summed E-state index contributed by atoms with van der Waals surface area (Å²) in [7, 11) is 0. The third kappa shape index (κ3) is 4.78. The van der Waals surface area contributed by atoms with Gasteiger partial charge in [0.2, 0.25) is 0 Å². The van der Waals surface area contributed by atoms with E-state index < -0.39 is 0 Å². The Hall–Kier alpha value is -5.86. The fourth-order valence-corrected chi connectivity index (χ4v) is 7.61. The first-order valence-corrected chi connectivity index (χ1v) is 17.3. The van der Waals surface area contributed by atoms with Gasteiger partial charge in [0.1, 0.15) is 0 Å². The normalized spacial score (nSPS) is 12.1. The zero-order chi connectivity index (χ0) is 33.1. The fourth-order valence-electron chi connectivity index (χ4n) is 7.61. The summed E-state index contributed by atoms with van der Waals surface area (Å²) in [6.45, 7) is 6.96. The molecule has 0 atom stereocenters. The smallest absolute Gasteiger partial charge is 0.0541 e. The Bertz CT molecular complexity index is 2610.